The topological polar surface area (TPSA) is 75.7 Å². The molecule has 1 atom stereocenters. The van der Waals surface area contributed by atoms with Crippen LogP contribution in [-0.2, 0) is 14.8 Å². The number of ether oxygens (including phenoxy) is 1. The lowest BCUT2D eigenvalue weighted by atomic mass is 10.1. The smallest absolute Gasteiger partial charge is 0.261 e. The normalized spacial score (nSPS) is 17.8. The number of nitrogens with one attached hydrogen (secondary N) is 1. The second-order valence-electron chi connectivity index (χ2n) is 6.43. The molecule has 0 saturated carbocycles. The number of amides is 1. The highest BCUT2D eigenvalue weighted by molar-refractivity contribution is 7.92. The summed E-state index contributed by atoms with van der Waals surface area (Å²) in [5.41, 5.74) is 1.81. The standard InChI is InChI=1S/C19H22N2O4S/c1-14-4-3-5-18(12-14)26(23,24)20-17-8-6-16(7-9-17)19(22)21-10-11-25-15(2)13-21/h3-9,12,15,20H,10-11,13H2,1-2H3. The van der Waals surface area contributed by atoms with Gasteiger partial charge in [0.1, 0.15) is 0 Å². The number of nitrogens with zero attached hydrogens (tertiary/aromatic N) is 1. The van der Waals surface area contributed by atoms with Crippen molar-refractivity contribution in [2.45, 2.75) is 24.8 Å². The molecule has 7 heteroatoms. The summed E-state index contributed by atoms with van der Waals surface area (Å²) in [6, 6.07) is 13.2. The zero-order chi connectivity index (χ0) is 18.7. The third-order valence-corrected chi connectivity index (χ3v) is 5.59. The average molecular weight is 374 g/mol. The van der Waals surface area contributed by atoms with Crippen LogP contribution < -0.4 is 4.72 Å². The second-order valence-corrected chi connectivity index (χ2v) is 8.11. The molecule has 6 nitrogen and oxygen atoms in total. The maximum atomic E-state index is 12.5. The minimum Gasteiger partial charge on any atom is -0.375 e. The molecule has 1 saturated heterocycles. The summed E-state index contributed by atoms with van der Waals surface area (Å²) in [7, 11) is -3.66. The molecule has 0 aromatic heterocycles. The first kappa shape index (κ1) is 18.4. The van der Waals surface area contributed by atoms with Gasteiger partial charge in [-0.05, 0) is 55.8 Å². The summed E-state index contributed by atoms with van der Waals surface area (Å²) in [5, 5.41) is 0. The van der Waals surface area contributed by atoms with E-state index in [0.29, 0.717) is 30.9 Å². The van der Waals surface area contributed by atoms with Gasteiger partial charge in [0.15, 0.2) is 0 Å². The summed E-state index contributed by atoms with van der Waals surface area (Å²) in [6.07, 6.45) is 0.0214. The van der Waals surface area contributed by atoms with E-state index in [4.69, 9.17) is 4.74 Å². The van der Waals surface area contributed by atoms with Gasteiger partial charge >= 0.3 is 0 Å². The number of morpholine rings is 1. The molecule has 0 aliphatic carbocycles. The lowest BCUT2D eigenvalue weighted by Crippen LogP contribution is -2.44. The first-order chi connectivity index (χ1) is 12.3. The highest BCUT2D eigenvalue weighted by Gasteiger charge is 2.22. The lowest BCUT2D eigenvalue weighted by molar-refractivity contribution is -0.0124. The van der Waals surface area contributed by atoms with E-state index < -0.39 is 10.0 Å². The van der Waals surface area contributed by atoms with Crippen molar-refractivity contribution in [3.63, 3.8) is 0 Å². The van der Waals surface area contributed by atoms with Crippen molar-refractivity contribution >= 4 is 21.6 Å². The van der Waals surface area contributed by atoms with Crippen LogP contribution in [0.25, 0.3) is 0 Å². The van der Waals surface area contributed by atoms with Gasteiger partial charge in [-0.2, -0.15) is 0 Å². The third-order valence-electron chi connectivity index (χ3n) is 4.21. The largest absolute Gasteiger partial charge is 0.375 e. The number of hydrogen-bond donors (Lipinski definition) is 1. The molecule has 1 fully saturated rings. The number of carbonyl (C=O) groups excluding carboxylic acids is 1. The van der Waals surface area contributed by atoms with Crippen LogP contribution in [0.2, 0.25) is 0 Å². The highest BCUT2D eigenvalue weighted by Crippen LogP contribution is 2.19. The maximum absolute atomic E-state index is 12.5. The molecule has 1 aliphatic rings. The molecule has 2 aromatic carbocycles. The van der Waals surface area contributed by atoms with E-state index in [1.807, 2.05) is 19.9 Å². The Morgan fingerprint density at radius 1 is 1.19 bits per heavy atom. The Morgan fingerprint density at radius 3 is 2.58 bits per heavy atom. The minimum atomic E-state index is -3.66. The third kappa shape index (κ3) is 4.23. The van der Waals surface area contributed by atoms with E-state index in [1.54, 1.807) is 47.4 Å². The van der Waals surface area contributed by atoms with Gasteiger partial charge in [-0.3, -0.25) is 9.52 Å². The maximum Gasteiger partial charge on any atom is 0.261 e. The van der Waals surface area contributed by atoms with Gasteiger partial charge in [0, 0.05) is 24.3 Å². The van der Waals surface area contributed by atoms with Crippen molar-refractivity contribution in [3.05, 3.63) is 59.7 Å². The fourth-order valence-electron chi connectivity index (χ4n) is 2.86. The van der Waals surface area contributed by atoms with E-state index in [0.717, 1.165) is 5.56 Å². The van der Waals surface area contributed by atoms with Gasteiger partial charge in [0.05, 0.1) is 17.6 Å². The fourth-order valence-corrected chi connectivity index (χ4v) is 4.03. The summed E-state index contributed by atoms with van der Waals surface area (Å²) in [5.74, 6) is -0.0757. The second kappa shape index (κ2) is 7.47. The summed E-state index contributed by atoms with van der Waals surface area (Å²) >= 11 is 0. The Kier molecular flexibility index (Phi) is 5.29. The molecule has 1 amide bonds. The van der Waals surface area contributed by atoms with Crippen molar-refractivity contribution in [1.82, 2.24) is 4.90 Å². The Hall–Kier alpha value is -2.38. The van der Waals surface area contributed by atoms with Gasteiger partial charge < -0.3 is 9.64 Å². The van der Waals surface area contributed by atoms with Crippen molar-refractivity contribution in [2.75, 3.05) is 24.4 Å². The Balaban J connectivity index is 1.72. The van der Waals surface area contributed by atoms with Gasteiger partial charge in [0.2, 0.25) is 0 Å². The lowest BCUT2D eigenvalue weighted by Gasteiger charge is -2.31. The summed E-state index contributed by atoms with van der Waals surface area (Å²) in [4.78, 5) is 14.5. The molecule has 3 rings (SSSR count). The first-order valence-electron chi connectivity index (χ1n) is 8.45. The van der Waals surface area contributed by atoms with Crippen LogP contribution >= 0.6 is 0 Å². The molecule has 1 N–H and O–H groups in total. The van der Waals surface area contributed by atoms with E-state index in [2.05, 4.69) is 4.72 Å². The van der Waals surface area contributed by atoms with Crippen LogP contribution in [0.3, 0.4) is 0 Å². The highest BCUT2D eigenvalue weighted by atomic mass is 32.2. The van der Waals surface area contributed by atoms with Gasteiger partial charge in [-0.25, -0.2) is 8.42 Å². The SMILES string of the molecule is Cc1cccc(S(=O)(=O)Nc2ccc(C(=O)N3CCOC(C)C3)cc2)c1. The summed E-state index contributed by atoms with van der Waals surface area (Å²) in [6.45, 7) is 5.42. The van der Waals surface area contributed by atoms with Crippen molar-refractivity contribution in [1.29, 1.82) is 0 Å². The van der Waals surface area contributed by atoms with E-state index in [-0.39, 0.29) is 16.9 Å². The molecule has 0 bridgehead atoms. The minimum absolute atomic E-state index is 0.0214. The number of hydrogen-bond acceptors (Lipinski definition) is 4. The Bertz CT molecular complexity index is 894. The van der Waals surface area contributed by atoms with Crippen LogP contribution in [0.1, 0.15) is 22.8 Å². The van der Waals surface area contributed by atoms with Crippen LogP contribution in [0, 0.1) is 6.92 Å². The monoisotopic (exact) mass is 374 g/mol. The number of anilines is 1. The molecule has 1 heterocycles. The molecule has 2 aromatic rings. The van der Waals surface area contributed by atoms with Crippen LogP contribution in [0.4, 0.5) is 5.69 Å². The van der Waals surface area contributed by atoms with Crippen molar-refractivity contribution in [3.8, 4) is 0 Å². The van der Waals surface area contributed by atoms with Crippen LogP contribution in [-0.4, -0.2) is 45.0 Å². The molecule has 1 unspecified atom stereocenters. The fraction of sp³-hybridized carbons (Fsp3) is 0.316. The number of carbonyl (C=O) groups is 1. The Morgan fingerprint density at radius 2 is 1.92 bits per heavy atom. The predicted molar refractivity (Wildman–Crippen MR) is 99.7 cm³/mol. The number of benzene rings is 2. The molecular weight excluding hydrogens is 352 g/mol. The van der Waals surface area contributed by atoms with Crippen LogP contribution in [0.15, 0.2) is 53.4 Å². The molecule has 26 heavy (non-hydrogen) atoms. The summed E-state index contributed by atoms with van der Waals surface area (Å²) < 4.78 is 32.9. The number of rotatable bonds is 4. The zero-order valence-electron chi connectivity index (χ0n) is 14.8. The van der Waals surface area contributed by atoms with Gasteiger partial charge in [0.25, 0.3) is 15.9 Å². The molecule has 1 aliphatic heterocycles. The van der Waals surface area contributed by atoms with E-state index in [1.165, 1.54) is 0 Å². The van der Waals surface area contributed by atoms with Crippen molar-refractivity contribution < 1.29 is 17.9 Å². The molecular formula is C19H22N2O4S. The Labute approximate surface area is 153 Å². The first-order valence-corrected chi connectivity index (χ1v) is 9.94. The molecule has 0 spiro atoms. The zero-order valence-corrected chi connectivity index (χ0v) is 15.6. The van der Waals surface area contributed by atoms with E-state index in [9.17, 15) is 13.2 Å². The number of aryl methyl sites for hydroxylation is 1. The molecule has 138 valence electrons. The predicted octanol–water partition coefficient (Wildman–Crippen LogP) is 2.66. The van der Waals surface area contributed by atoms with Gasteiger partial charge in [-0.15, -0.1) is 0 Å². The van der Waals surface area contributed by atoms with Crippen LogP contribution in [0.5, 0.6) is 0 Å². The van der Waals surface area contributed by atoms with Crippen molar-refractivity contribution in [2.24, 2.45) is 0 Å². The average Bonchev–Trinajstić information content (AvgIpc) is 2.61. The quantitative estimate of drug-likeness (QED) is 0.893. The molecule has 0 radical (unpaired) electrons. The van der Waals surface area contributed by atoms with Gasteiger partial charge in [-0.1, -0.05) is 12.1 Å². The van der Waals surface area contributed by atoms with E-state index >= 15 is 0 Å². The number of sulfonamides is 1.